The Hall–Kier alpha value is -1.20. The van der Waals surface area contributed by atoms with E-state index in [9.17, 15) is 0 Å². The number of hydrogen-bond donors (Lipinski definition) is 1. The molecular weight excluding hydrogens is 258 g/mol. The van der Waals surface area contributed by atoms with E-state index in [1.807, 2.05) is 13.8 Å². The molecule has 2 aromatic heterocycles. The number of hydrogen-bond acceptors (Lipinski definition) is 5. The van der Waals surface area contributed by atoms with Crippen molar-refractivity contribution in [2.75, 3.05) is 6.54 Å². The SMILES string of the molecule is CCCNC(C)c1nnc(-c2c(C)oc(C)c2C)s1. The Morgan fingerprint density at radius 1 is 1.21 bits per heavy atom. The number of nitrogens with zero attached hydrogens (tertiary/aromatic N) is 2. The van der Waals surface area contributed by atoms with Crippen molar-refractivity contribution in [3.63, 3.8) is 0 Å². The number of aromatic nitrogens is 2. The van der Waals surface area contributed by atoms with Gasteiger partial charge in [0.05, 0.1) is 11.6 Å². The van der Waals surface area contributed by atoms with Crippen molar-refractivity contribution in [2.45, 2.75) is 47.1 Å². The van der Waals surface area contributed by atoms with E-state index in [0.717, 1.165) is 45.6 Å². The Bertz CT molecular complexity index is 559. The largest absolute Gasteiger partial charge is 0.466 e. The first-order chi connectivity index (χ1) is 9.04. The lowest BCUT2D eigenvalue weighted by molar-refractivity contribution is 0.503. The summed E-state index contributed by atoms with van der Waals surface area (Å²) < 4.78 is 5.66. The van der Waals surface area contributed by atoms with Crippen LogP contribution in [0.4, 0.5) is 0 Å². The molecule has 2 aromatic rings. The molecule has 0 aliphatic heterocycles. The highest BCUT2D eigenvalue weighted by molar-refractivity contribution is 7.14. The summed E-state index contributed by atoms with van der Waals surface area (Å²) in [6.45, 7) is 11.3. The van der Waals surface area contributed by atoms with Gasteiger partial charge < -0.3 is 9.73 Å². The zero-order valence-electron chi connectivity index (χ0n) is 12.2. The van der Waals surface area contributed by atoms with E-state index in [4.69, 9.17) is 4.42 Å². The standard InChI is InChI=1S/C14H21N3OS/c1-6-7-15-9(3)13-16-17-14(19-13)12-8(2)10(4)18-11(12)5/h9,15H,6-7H2,1-5H3. The van der Waals surface area contributed by atoms with Crippen LogP contribution in [0, 0.1) is 20.8 Å². The molecule has 0 saturated carbocycles. The summed E-state index contributed by atoms with van der Waals surface area (Å²) in [5.41, 5.74) is 2.26. The average molecular weight is 279 g/mol. The Kier molecular flexibility index (Phi) is 4.37. The summed E-state index contributed by atoms with van der Waals surface area (Å²) in [4.78, 5) is 0. The summed E-state index contributed by atoms with van der Waals surface area (Å²) in [7, 11) is 0. The average Bonchev–Trinajstić information content (AvgIpc) is 2.93. The van der Waals surface area contributed by atoms with Crippen LogP contribution in [-0.4, -0.2) is 16.7 Å². The van der Waals surface area contributed by atoms with Crippen LogP contribution in [0.5, 0.6) is 0 Å². The summed E-state index contributed by atoms with van der Waals surface area (Å²) in [5.74, 6) is 1.88. The molecule has 1 N–H and O–H groups in total. The summed E-state index contributed by atoms with van der Waals surface area (Å²) >= 11 is 1.64. The molecule has 0 saturated heterocycles. The quantitative estimate of drug-likeness (QED) is 0.905. The monoisotopic (exact) mass is 279 g/mol. The third-order valence-corrected chi connectivity index (χ3v) is 4.41. The Balaban J connectivity index is 2.25. The lowest BCUT2D eigenvalue weighted by Gasteiger charge is -2.08. The van der Waals surface area contributed by atoms with E-state index in [1.54, 1.807) is 11.3 Å². The molecule has 0 aliphatic carbocycles. The molecule has 1 atom stereocenters. The topological polar surface area (TPSA) is 51.0 Å². The van der Waals surface area contributed by atoms with Crippen molar-refractivity contribution in [3.8, 4) is 10.6 Å². The fraction of sp³-hybridized carbons (Fsp3) is 0.571. The number of furan rings is 1. The molecule has 5 heteroatoms. The zero-order chi connectivity index (χ0) is 14.0. The second-order valence-corrected chi connectivity index (χ2v) is 5.84. The second kappa shape index (κ2) is 5.84. The van der Waals surface area contributed by atoms with E-state index in [0.29, 0.717) is 0 Å². The number of rotatable bonds is 5. The van der Waals surface area contributed by atoms with Crippen LogP contribution in [-0.2, 0) is 0 Å². The molecule has 19 heavy (non-hydrogen) atoms. The van der Waals surface area contributed by atoms with Crippen LogP contribution >= 0.6 is 11.3 Å². The van der Waals surface area contributed by atoms with Crippen LogP contribution in [0.2, 0.25) is 0 Å². The molecule has 0 fully saturated rings. The first-order valence-corrected chi connectivity index (χ1v) is 7.50. The lowest BCUT2D eigenvalue weighted by Crippen LogP contribution is -2.18. The Morgan fingerprint density at radius 2 is 1.95 bits per heavy atom. The first kappa shape index (κ1) is 14.2. The molecule has 2 heterocycles. The maximum absolute atomic E-state index is 5.66. The fourth-order valence-corrected chi connectivity index (χ4v) is 3.09. The predicted molar refractivity (Wildman–Crippen MR) is 78.5 cm³/mol. The Morgan fingerprint density at radius 3 is 2.53 bits per heavy atom. The van der Waals surface area contributed by atoms with Crippen molar-refractivity contribution >= 4 is 11.3 Å². The van der Waals surface area contributed by atoms with Gasteiger partial charge in [-0.05, 0) is 40.7 Å². The highest BCUT2D eigenvalue weighted by Crippen LogP contribution is 2.34. The lowest BCUT2D eigenvalue weighted by atomic mass is 10.1. The van der Waals surface area contributed by atoms with Crippen molar-refractivity contribution in [2.24, 2.45) is 0 Å². The van der Waals surface area contributed by atoms with Crippen molar-refractivity contribution in [3.05, 3.63) is 22.1 Å². The normalized spacial score (nSPS) is 12.9. The molecule has 0 bridgehead atoms. The summed E-state index contributed by atoms with van der Waals surface area (Å²) in [6.07, 6.45) is 1.12. The molecular formula is C14H21N3OS. The van der Waals surface area contributed by atoms with Crippen molar-refractivity contribution < 1.29 is 4.42 Å². The van der Waals surface area contributed by atoms with Crippen LogP contribution in [0.25, 0.3) is 10.6 Å². The van der Waals surface area contributed by atoms with Gasteiger partial charge in [0.15, 0.2) is 5.01 Å². The van der Waals surface area contributed by atoms with Gasteiger partial charge in [-0.2, -0.15) is 0 Å². The van der Waals surface area contributed by atoms with Crippen LogP contribution in [0.3, 0.4) is 0 Å². The molecule has 1 unspecified atom stereocenters. The minimum absolute atomic E-state index is 0.250. The van der Waals surface area contributed by atoms with Gasteiger partial charge in [0, 0.05) is 5.56 Å². The van der Waals surface area contributed by atoms with Gasteiger partial charge in [-0.15, -0.1) is 10.2 Å². The van der Waals surface area contributed by atoms with Gasteiger partial charge in [0.25, 0.3) is 0 Å². The highest BCUT2D eigenvalue weighted by atomic mass is 32.1. The van der Waals surface area contributed by atoms with Crippen molar-refractivity contribution in [1.29, 1.82) is 0 Å². The molecule has 2 rings (SSSR count). The minimum atomic E-state index is 0.250. The molecule has 0 aliphatic rings. The molecule has 0 aromatic carbocycles. The first-order valence-electron chi connectivity index (χ1n) is 6.68. The summed E-state index contributed by atoms with van der Waals surface area (Å²) in [5, 5.41) is 14.0. The summed E-state index contributed by atoms with van der Waals surface area (Å²) in [6, 6.07) is 0.250. The van der Waals surface area contributed by atoms with Crippen molar-refractivity contribution in [1.82, 2.24) is 15.5 Å². The van der Waals surface area contributed by atoms with E-state index in [2.05, 4.69) is 36.3 Å². The maximum Gasteiger partial charge on any atom is 0.151 e. The minimum Gasteiger partial charge on any atom is -0.466 e. The smallest absolute Gasteiger partial charge is 0.151 e. The number of nitrogens with one attached hydrogen (secondary N) is 1. The molecule has 0 spiro atoms. The van der Waals surface area contributed by atoms with Gasteiger partial charge in [0.1, 0.15) is 16.5 Å². The van der Waals surface area contributed by atoms with E-state index in [1.165, 1.54) is 0 Å². The van der Waals surface area contributed by atoms with Gasteiger partial charge in [0.2, 0.25) is 0 Å². The van der Waals surface area contributed by atoms with E-state index in [-0.39, 0.29) is 6.04 Å². The van der Waals surface area contributed by atoms with Gasteiger partial charge in [-0.25, -0.2) is 0 Å². The van der Waals surface area contributed by atoms with Gasteiger partial charge in [-0.3, -0.25) is 0 Å². The molecule has 104 valence electrons. The zero-order valence-corrected chi connectivity index (χ0v) is 13.0. The Labute approximate surface area is 118 Å². The fourth-order valence-electron chi connectivity index (χ4n) is 2.07. The van der Waals surface area contributed by atoms with Gasteiger partial charge >= 0.3 is 0 Å². The molecule has 0 radical (unpaired) electrons. The molecule has 4 nitrogen and oxygen atoms in total. The third kappa shape index (κ3) is 2.87. The predicted octanol–water partition coefficient (Wildman–Crippen LogP) is 3.78. The van der Waals surface area contributed by atoms with Gasteiger partial charge in [-0.1, -0.05) is 18.3 Å². The third-order valence-electron chi connectivity index (χ3n) is 3.29. The highest BCUT2D eigenvalue weighted by Gasteiger charge is 2.19. The maximum atomic E-state index is 5.66. The van der Waals surface area contributed by atoms with Crippen LogP contribution in [0.15, 0.2) is 4.42 Å². The number of aryl methyl sites for hydroxylation is 2. The van der Waals surface area contributed by atoms with E-state index < -0.39 is 0 Å². The molecule has 0 amide bonds. The second-order valence-electron chi connectivity index (χ2n) is 4.84. The van der Waals surface area contributed by atoms with Crippen LogP contribution < -0.4 is 5.32 Å². The van der Waals surface area contributed by atoms with E-state index >= 15 is 0 Å². The van der Waals surface area contributed by atoms with Crippen LogP contribution in [0.1, 0.15) is 48.4 Å².